The van der Waals surface area contributed by atoms with Gasteiger partial charge < -0.3 is 9.52 Å². The highest BCUT2D eigenvalue weighted by Gasteiger charge is 2.17. The largest absolute Gasteiger partial charge is 0.465 e. The minimum atomic E-state index is -0.653. The van der Waals surface area contributed by atoms with Crippen molar-refractivity contribution in [3.63, 3.8) is 0 Å². The van der Waals surface area contributed by atoms with Crippen molar-refractivity contribution in [2.75, 3.05) is 0 Å². The Hall–Kier alpha value is -1.07. The smallest absolute Gasteiger partial charge is 0.146 e. The molecule has 2 aromatic rings. The average molecular weight is 299 g/mol. The third-order valence-electron chi connectivity index (χ3n) is 2.74. The predicted octanol–water partition coefficient (Wildman–Crippen LogP) is 2.61. The van der Waals surface area contributed by atoms with E-state index in [1.165, 1.54) is 0 Å². The molecular weight excluding hydrogens is 284 g/mol. The van der Waals surface area contributed by atoms with Crippen molar-refractivity contribution in [3.05, 3.63) is 40.0 Å². The first-order valence-electron chi connectivity index (χ1n) is 5.54. The van der Waals surface area contributed by atoms with Crippen LogP contribution in [0, 0.1) is 0 Å². The summed E-state index contributed by atoms with van der Waals surface area (Å²) in [4.78, 5) is 0. The second-order valence-electron chi connectivity index (χ2n) is 3.96. The number of aliphatic hydroxyl groups is 1. The molecule has 1 atom stereocenters. The van der Waals surface area contributed by atoms with Crippen molar-refractivity contribution in [1.82, 2.24) is 9.78 Å². The SMILES string of the molecule is CCc1cc(CC(O)c2occc2Br)n(C)n1. The van der Waals surface area contributed by atoms with Gasteiger partial charge in [-0.2, -0.15) is 5.10 Å². The molecule has 2 heterocycles. The van der Waals surface area contributed by atoms with E-state index in [2.05, 4.69) is 28.0 Å². The number of furan rings is 1. The van der Waals surface area contributed by atoms with Crippen LogP contribution in [0.5, 0.6) is 0 Å². The van der Waals surface area contributed by atoms with Crippen LogP contribution in [0.25, 0.3) is 0 Å². The molecule has 2 rings (SSSR count). The number of nitrogens with zero attached hydrogens (tertiary/aromatic N) is 2. The quantitative estimate of drug-likeness (QED) is 0.944. The third kappa shape index (κ3) is 2.61. The first-order valence-corrected chi connectivity index (χ1v) is 6.33. The normalized spacial score (nSPS) is 12.9. The summed E-state index contributed by atoms with van der Waals surface area (Å²) in [5.41, 5.74) is 2.03. The maximum atomic E-state index is 10.1. The second kappa shape index (κ2) is 5.06. The molecule has 0 saturated carbocycles. The zero-order chi connectivity index (χ0) is 12.4. The van der Waals surface area contributed by atoms with Crippen LogP contribution in [0.2, 0.25) is 0 Å². The minimum absolute atomic E-state index is 0.496. The number of aryl methyl sites for hydroxylation is 2. The zero-order valence-electron chi connectivity index (χ0n) is 9.85. The predicted molar refractivity (Wildman–Crippen MR) is 67.7 cm³/mol. The summed E-state index contributed by atoms with van der Waals surface area (Å²) in [6, 6.07) is 3.79. The molecule has 17 heavy (non-hydrogen) atoms. The van der Waals surface area contributed by atoms with Crippen molar-refractivity contribution in [2.45, 2.75) is 25.9 Å². The molecule has 0 aliphatic rings. The highest BCUT2D eigenvalue weighted by Crippen LogP contribution is 2.27. The molecule has 0 aromatic carbocycles. The van der Waals surface area contributed by atoms with Crippen LogP contribution in [0.1, 0.15) is 30.2 Å². The van der Waals surface area contributed by atoms with Crippen molar-refractivity contribution >= 4 is 15.9 Å². The fourth-order valence-corrected chi connectivity index (χ4v) is 2.23. The molecule has 0 amide bonds. The number of halogens is 1. The molecule has 1 N–H and O–H groups in total. The molecule has 0 radical (unpaired) electrons. The van der Waals surface area contributed by atoms with Crippen LogP contribution in [0.15, 0.2) is 27.3 Å². The lowest BCUT2D eigenvalue weighted by molar-refractivity contribution is 0.147. The van der Waals surface area contributed by atoms with Gasteiger partial charge in [-0.3, -0.25) is 4.68 Å². The summed E-state index contributed by atoms with van der Waals surface area (Å²) < 4.78 is 7.84. The number of aliphatic hydroxyl groups excluding tert-OH is 1. The average Bonchev–Trinajstić information content (AvgIpc) is 2.86. The highest BCUT2D eigenvalue weighted by atomic mass is 79.9. The molecule has 0 bridgehead atoms. The van der Waals surface area contributed by atoms with Crippen LogP contribution < -0.4 is 0 Å². The van der Waals surface area contributed by atoms with Crippen LogP contribution >= 0.6 is 15.9 Å². The maximum absolute atomic E-state index is 10.1. The standard InChI is InChI=1S/C12H15BrN2O2/c1-3-8-6-9(15(2)14-8)7-11(16)12-10(13)4-5-17-12/h4-6,11,16H,3,7H2,1-2H3. The number of hydrogen-bond acceptors (Lipinski definition) is 3. The van der Waals surface area contributed by atoms with Crippen LogP contribution in [0.4, 0.5) is 0 Å². The van der Waals surface area contributed by atoms with Gasteiger partial charge in [0.2, 0.25) is 0 Å². The number of aromatic nitrogens is 2. The lowest BCUT2D eigenvalue weighted by Crippen LogP contribution is -2.06. The van der Waals surface area contributed by atoms with E-state index in [4.69, 9.17) is 4.42 Å². The summed E-state index contributed by atoms with van der Waals surface area (Å²) in [5.74, 6) is 0.559. The van der Waals surface area contributed by atoms with Crippen molar-refractivity contribution in [1.29, 1.82) is 0 Å². The van der Waals surface area contributed by atoms with Crippen molar-refractivity contribution in [2.24, 2.45) is 7.05 Å². The maximum Gasteiger partial charge on any atom is 0.146 e. The molecule has 5 heteroatoms. The molecule has 0 fully saturated rings. The fourth-order valence-electron chi connectivity index (χ4n) is 1.77. The summed E-state index contributed by atoms with van der Waals surface area (Å²) in [6.45, 7) is 2.06. The molecule has 0 aliphatic carbocycles. The van der Waals surface area contributed by atoms with E-state index in [0.29, 0.717) is 12.2 Å². The molecule has 2 aromatic heterocycles. The van der Waals surface area contributed by atoms with Gasteiger partial charge in [0.15, 0.2) is 0 Å². The Labute approximate surface area is 108 Å². The Balaban J connectivity index is 2.15. The fraction of sp³-hybridized carbons (Fsp3) is 0.417. The van der Waals surface area contributed by atoms with Crippen molar-refractivity contribution < 1.29 is 9.52 Å². The molecule has 0 saturated heterocycles. The van der Waals surface area contributed by atoms with Gasteiger partial charge in [0, 0.05) is 19.2 Å². The first-order chi connectivity index (χ1) is 8.11. The van der Waals surface area contributed by atoms with E-state index < -0.39 is 6.10 Å². The Morgan fingerprint density at radius 2 is 2.35 bits per heavy atom. The first kappa shape index (κ1) is 12.4. The van der Waals surface area contributed by atoms with Gasteiger partial charge in [-0.1, -0.05) is 6.92 Å². The number of rotatable bonds is 4. The summed E-state index contributed by atoms with van der Waals surface area (Å²) in [7, 11) is 1.89. The third-order valence-corrected chi connectivity index (χ3v) is 3.39. The topological polar surface area (TPSA) is 51.2 Å². The molecule has 0 aliphatic heterocycles. The van der Waals surface area contributed by atoms with Gasteiger partial charge in [0.05, 0.1) is 16.4 Å². The van der Waals surface area contributed by atoms with Gasteiger partial charge in [0.1, 0.15) is 11.9 Å². The van der Waals surface area contributed by atoms with Gasteiger partial charge in [-0.15, -0.1) is 0 Å². The molecule has 0 spiro atoms. The van der Waals surface area contributed by atoms with Gasteiger partial charge in [-0.05, 0) is 34.5 Å². The lowest BCUT2D eigenvalue weighted by atomic mass is 10.1. The highest BCUT2D eigenvalue weighted by molar-refractivity contribution is 9.10. The molecule has 92 valence electrons. The second-order valence-corrected chi connectivity index (χ2v) is 4.81. The number of hydrogen-bond donors (Lipinski definition) is 1. The monoisotopic (exact) mass is 298 g/mol. The lowest BCUT2D eigenvalue weighted by Gasteiger charge is -2.08. The Kier molecular flexibility index (Phi) is 3.69. The molecule has 4 nitrogen and oxygen atoms in total. The Morgan fingerprint density at radius 1 is 1.59 bits per heavy atom. The molecule has 1 unspecified atom stereocenters. The zero-order valence-corrected chi connectivity index (χ0v) is 11.4. The summed E-state index contributed by atoms with van der Waals surface area (Å²) in [5, 5.41) is 14.4. The summed E-state index contributed by atoms with van der Waals surface area (Å²) >= 11 is 3.34. The Morgan fingerprint density at radius 3 is 2.88 bits per heavy atom. The van der Waals surface area contributed by atoms with E-state index in [1.807, 2.05) is 13.1 Å². The van der Waals surface area contributed by atoms with E-state index in [-0.39, 0.29) is 0 Å². The molecular formula is C12H15BrN2O2. The van der Waals surface area contributed by atoms with E-state index in [1.54, 1.807) is 17.0 Å². The van der Waals surface area contributed by atoms with Gasteiger partial charge >= 0.3 is 0 Å². The van der Waals surface area contributed by atoms with Crippen LogP contribution in [-0.4, -0.2) is 14.9 Å². The van der Waals surface area contributed by atoms with Crippen LogP contribution in [0.3, 0.4) is 0 Å². The van der Waals surface area contributed by atoms with E-state index in [0.717, 1.165) is 22.3 Å². The van der Waals surface area contributed by atoms with E-state index >= 15 is 0 Å². The van der Waals surface area contributed by atoms with Gasteiger partial charge in [0.25, 0.3) is 0 Å². The van der Waals surface area contributed by atoms with Crippen molar-refractivity contribution in [3.8, 4) is 0 Å². The van der Waals surface area contributed by atoms with Gasteiger partial charge in [-0.25, -0.2) is 0 Å². The Bertz CT molecular complexity index is 504. The van der Waals surface area contributed by atoms with E-state index in [9.17, 15) is 5.11 Å². The van der Waals surface area contributed by atoms with Crippen LogP contribution in [-0.2, 0) is 19.9 Å². The minimum Gasteiger partial charge on any atom is -0.465 e. The summed E-state index contributed by atoms with van der Waals surface area (Å²) in [6.07, 6.45) is 2.30.